The van der Waals surface area contributed by atoms with Crippen LogP contribution in [-0.2, 0) is 19.8 Å². The zero-order chi connectivity index (χ0) is 39.2. The monoisotopic (exact) mass is 771 g/mol. The summed E-state index contributed by atoms with van der Waals surface area (Å²) in [6.45, 7) is 6.71. The van der Waals surface area contributed by atoms with Gasteiger partial charge in [-0.3, -0.25) is 19.7 Å². The summed E-state index contributed by atoms with van der Waals surface area (Å²) in [7, 11) is 0. The van der Waals surface area contributed by atoms with Crippen LogP contribution in [0.1, 0.15) is 62.0 Å². The Morgan fingerprint density at radius 2 is 1.49 bits per heavy atom. The molecule has 5 saturated heterocycles. The van der Waals surface area contributed by atoms with Gasteiger partial charge in [-0.2, -0.15) is 10.2 Å². The molecule has 0 bridgehead atoms. The zero-order valence-corrected chi connectivity index (χ0v) is 32.3. The van der Waals surface area contributed by atoms with E-state index in [9.17, 15) is 19.5 Å². The Balaban J connectivity index is 0.759. The lowest BCUT2D eigenvalue weighted by molar-refractivity contribution is -0.166. The number of carbonyl (C=O) groups is 3. The van der Waals surface area contributed by atoms with Crippen molar-refractivity contribution in [2.45, 2.75) is 61.9 Å². The van der Waals surface area contributed by atoms with E-state index >= 15 is 4.39 Å². The smallest absolute Gasteiger partial charge is 0.234 e. The van der Waals surface area contributed by atoms with Gasteiger partial charge in [-0.1, -0.05) is 54.6 Å². The van der Waals surface area contributed by atoms with E-state index in [4.69, 9.17) is 0 Å². The predicted octanol–water partition coefficient (Wildman–Crippen LogP) is 5.45. The molecule has 57 heavy (non-hydrogen) atoms. The Kier molecular flexibility index (Phi) is 9.71. The highest BCUT2D eigenvalue weighted by atomic mass is 19.1. The molecule has 296 valence electrons. The molecule has 5 aliphatic rings. The molecule has 5 aliphatic heterocycles. The highest BCUT2D eigenvalue weighted by Gasteiger charge is 2.56. The van der Waals surface area contributed by atoms with E-state index < -0.39 is 11.1 Å². The van der Waals surface area contributed by atoms with Crippen LogP contribution in [0.25, 0.3) is 11.3 Å². The number of nitrogens with one attached hydrogen (secondary N) is 1. The summed E-state index contributed by atoms with van der Waals surface area (Å²) in [5.41, 5.74) is 3.49. The minimum atomic E-state index is -1.19. The number of alkyl halides is 1. The number of para-hydroxylation sites is 1. The van der Waals surface area contributed by atoms with E-state index in [-0.39, 0.29) is 34.8 Å². The van der Waals surface area contributed by atoms with Gasteiger partial charge in [0.05, 0.1) is 28.9 Å². The second kappa shape index (κ2) is 14.9. The molecule has 3 aromatic carbocycles. The number of nitrogens with zero attached hydrogens (tertiary/aromatic N) is 6. The maximum Gasteiger partial charge on any atom is 0.234 e. The molecule has 2 N–H and O–H groups in total. The predicted molar refractivity (Wildman–Crippen MR) is 216 cm³/mol. The number of amides is 3. The molecular weight excluding hydrogens is 722 g/mol. The molecule has 9 rings (SSSR count). The van der Waals surface area contributed by atoms with Gasteiger partial charge in [-0.15, -0.1) is 0 Å². The topological polar surface area (TPSA) is 122 Å². The van der Waals surface area contributed by atoms with Gasteiger partial charge in [0, 0.05) is 82.0 Å². The van der Waals surface area contributed by atoms with E-state index in [1.807, 2.05) is 60.7 Å². The maximum absolute atomic E-state index is 16.1. The van der Waals surface area contributed by atoms with Crippen LogP contribution >= 0.6 is 0 Å². The van der Waals surface area contributed by atoms with Crippen LogP contribution in [-0.4, -0.2) is 107 Å². The minimum absolute atomic E-state index is 0.100. The van der Waals surface area contributed by atoms with Gasteiger partial charge >= 0.3 is 0 Å². The van der Waals surface area contributed by atoms with Crippen molar-refractivity contribution in [3.8, 4) is 17.0 Å². The third-order valence-electron chi connectivity index (χ3n) is 13.4. The molecule has 3 amide bonds. The Morgan fingerprint density at radius 1 is 0.825 bits per heavy atom. The highest BCUT2D eigenvalue weighted by Crippen LogP contribution is 2.46. The van der Waals surface area contributed by atoms with Gasteiger partial charge in [0.2, 0.25) is 17.7 Å². The average Bonchev–Trinajstić information content (AvgIpc) is 3.20. The van der Waals surface area contributed by atoms with E-state index in [1.165, 1.54) is 0 Å². The number of piperidine rings is 3. The molecule has 11 nitrogen and oxygen atoms in total. The number of hydrogen-bond acceptors (Lipinski definition) is 9. The lowest BCUT2D eigenvalue weighted by atomic mass is 9.67. The van der Waals surface area contributed by atoms with Gasteiger partial charge < -0.3 is 24.7 Å². The average molecular weight is 772 g/mol. The molecule has 1 spiro atoms. The van der Waals surface area contributed by atoms with E-state index in [2.05, 4.69) is 47.2 Å². The van der Waals surface area contributed by atoms with Gasteiger partial charge in [-0.05, 0) is 80.0 Å². The standard InChI is InChI=1S/C45H50FN7O4/c46-44(17-22-51(23-18-44)34-12-10-32(11-13-34)36-14-15-40(55)48-41(36)56)16-21-50-28-43(29-50)30-53(31-43)42(57)45(33-6-2-1-3-7-33)19-24-52(25-20-45)35-26-38(49-47-27-35)37-8-4-5-9-39(37)54/h1-13,26-27,36,54H,14-25,28-31H2,(H,48,55,56). The summed E-state index contributed by atoms with van der Waals surface area (Å²) in [4.78, 5) is 47.3. The summed E-state index contributed by atoms with van der Waals surface area (Å²) in [6.07, 6.45) is 5.49. The molecule has 1 aromatic heterocycles. The highest BCUT2D eigenvalue weighted by molar-refractivity contribution is 6.01. The Hall–Kier alpha value is -5.36. The number of phenolic OH excluding ortho intramolecular Hbond substituents is 1. The van der Waals surface area contributed by atoms with Crippen molar-refractivity contribution in [3.05, 3.63) is 102 Å². The van der Waals surface area contributed by atoms with Gasteiger partial charge in [0.25, 0.3) is 0 Å². The second-order valence-corrected chi connectivity index (χ2v) is 17.1. The number of anilines is 2. The van der Waals surface area contributed by atoms with Crippen LogP contribution in [0.4, 0.5) is 15.8 Å². The Morgan fingerprint density at radius 3 is 2.19 bits per heavy atom. The van der Waals surface area contributed by atoms with E-state index in [0.29, 0.717) is 82.4 Å². The van der Waals surface area contributed by atoms with Crippen molar-refractivity contribution < 1.29 is 23.9 Å². The summed E-state index contributed by atoms with van der Waals surface area (Å²) in [6, 6.07) is 27.3. The summed E-state index contributed by atoms with van der Waals surface area (Å²) in [5.74, 6) is -0.381. The fourth-order valence-electron chi connectivity index (χ4n) is 10.1. The van der Waals surface area contributed by atoms with Crippen LogP contribution in [0.2, 0.25) is 0 Å². The number of hydrogen-bond donors (Lipinski definition) is 2. The second-order valence-electron chi connectivity index (χ2n) is 17.1. The lowest BCUT2D eigenvalue weighted by Gasteiger charge is -2.62. The quantitative estimate of drug-likeness (QED) is 0.214. The van der Waals surface area contributed by atoms with E-state index in [0.717, 1.165) is 55.2 Å². The van der Waals surface area contributed by atoms with Crippen molar-refractivity contribution in [1.29, 1.82) is 0 Å². The maximum atomic E-state index is 16.1. The fourth-order valence-corrected chi connectivity index (χ4v) is 10.1. The summed E-state index contributed by atoms with van der Waals surface area (Å²) in [5, 5.41) is 21.4. The van der Waals surface area contributed by atoms with Crippen LogP contribution in [0, 0.1) is 5.41 Å². The lowest BCUT2D eigenvalue weighted by Crippen LogP contribution is -2.74. The van der Waals surface area contributed by atoms with Crippen molar-refractivity contribution in [2.24, 2.45) is 5.41 Å². The largest absolute Gasteiger partial charge is 0.507 e. The molecule has 0 aliphatic carbocycles. The van der Waals surface area contributed by atoms with Gasteiger partial charge in [-0.25, -0.2) is 4.39 Å². The zero-order valence-electron chi connectivity index (χ0n) is 32.3. The molecule has 1 unspecified atom stereocenters. The number of halogens is 1. The number of aromatic nitrogens is 2. The van der Waals surface area contributed by atoms with Crippen LogP contribution in [0.5, 0.6) is 5.75 Å². The first kappa shape index (κ1) is 37.2. The van der Waals surface area contributed by atoms with E-state index in [1.54, 1.807) is 18.3 Å². The number of imide groups is 1. The molecule has 12 heteroatoms. The molecule has 4 aromatic rings. The van der Waals surface area contributed by atoms with Crippen molar-refractivity contribution in [2.75, 3.05) is 68.7 Å². The third-order valence-corrected chi connectivity index (χ3v) is 13.4. The Labute approximate surface area is 332 Å². The third kappa shape index (κ3) is 7.24. The van der Waals surface area contributed by atoms with Crippen molar-refractivity contribution >= 4 is 29.1 Å². The van der Waals surface area contributed by atoms with Gasteiger partial charge in [0.15, 0.2) is 0 Å². The number of likely N-dealkylation sites (tertiary alicyclic amines) is 2. The molecule has 0 radical (unpaired) electrons. The first-order valence-electron chi connectivity index (χ1n) is 20.4. The van der Waals surface area contributed by atoms with Crippen molar-refractivity contribution in [3.63, 3.8) is 0 Å². The van der Waals surface area contributed by atoms with Crippen molar-refractivity contribution in [1.82, 2.24) is 25.3 Å². The number of rotatable bonds is 9. The van der Waals surface area contributed by atoms with Crippen LogP contribution < -0.4 is 15.1 Å². The van der Waals surface area contributed by atoms with Crippen LogP contribution in [0.3, 0.4) is 0 Å². The number of aromatic hydroxyl groups is 1. The fraction of sp³-hybridized carbons (Fsp3) is 0.444. The SMILES string of the molecule is O=C1CCC(c2ccc(N3CCC(F)(CCN4CC5(C4)CN(C(=O)C4(c6ccccc6)CCN(c6cnnc(-c7ccccc7O)c6)CC4)C5)CC3)cc2)C(=O)N1. The molecule has 1 atom stereocenters. The molecular formula is C45H50FN7O4. The molecule has 0 saturated carbocycles. The number of carbonyl (C=O) groups excluding carboxylic acids is 3. The number of benzene rings is 3. The summed E-state index contributed by atoms with van der Waals surface area (Å²) < 4.78 is 16.1. The van der Waals surface area contributed by atoms with Crippen LogP contribution in [0.15, 0.2) is 91.1 Å². The Bertz CT molecular complexity index is 2120. The first-order chi connectivity index (χ1) is 27.6. The normalized spacial score (nSPS) is 22.8. The number of phenols is 1. The minimum Gasteiger partial charge on any atom is -0.507 e. The van der Waals surface area contributed by atoms with Gasteiger partial charge in [0.1, 0.15) is 11.4 Å². The summed E-state index contributed by atoms with van der Waals surface area (Å²) >= 11 is 0. The molecule has 6 heterocycles. The molecule has 5 fully saturated rings. The first-order valence-corrected chi connectivity index (χ1v) is 20.4.